The first kappa shape index (κ1) is 6.56. The van der Waals surface area contributed by atoms with Crippen molar-refractivity contribution >= 4 is 24.4 Å². The van der Waals surface area contributed by atoms with Crippen LogP contribution in [0.3, 0.4) is 0 Å². The first-order chi connectivity index (χ1) is 3.93. The second-order valence-corrected chi connectivity index (χ2v) is 3.29. The topological polar surface area (TPSA) is 0 Å². The first-order valence-corrected chi connectivity index (χ1v) is 4.49. The van der Waals surface area contributed by atoms with Gasteiger partial charge in [0.05, 0.1) is 0 Å². The molecule has 1 aliphatic rings. The smallest absolute Gasteiger partial charge is 0.00131 e. The predicted molar refractivity (Wildman–Crippen MR) is 43.6 cm³/mol. The van der Waals surface area contributed by atoms with Crippen LogP contribution in [0.15, 0.2) is 11.5 Å². The summed E-state index contributed by atoms with van der Waals surface area (Å²) in [6, 6.07) is 0. The maximum atomic E-state index is 4.22. The molecule has 1 unspecified atom stereocenters. The Morgan fingerprint density at radius 2 is 2.62 bits per heavy atom. The highest BCUT2D eigenvalue weighted by Crippen LogP contribution is 2.20. The van der Waals surface area contributed by atoms with E-state index in [1.807, 2.05) is 11.8 Å². The predicted octanol–water partition coefficient (Wildman–Crippen LogP) is 2.18. The van der Waals surface area contributed by atoms with Gasteiger partial charge in [-0.2, -0.15) is 12.6 Å². The summed E-state index contributed by atoms with van der Waals surface area (Å²) in [5.41, 5.74) is 0. The summed E-state index contributed by atoms with van der Waals surface area (Å²) >= 11 is 6.11. The SMILES string of the molecule is SCC1CC=CSC1. The van der Waals surface area contributed by atoms with E-state index in [-0.39, 0.29) is 0 Å². The second-order valence-electron chi connectivity index (χ2n) is 1.99. The van der Waals surface area contributed by atoms with Gasteiger partial charge >= 0.3 is 0 Å². The average Bonchev–Trinajstić information content (AvgIpc) is 1.90. The molecule has 1 aliphatic heterocycles. The Morgan fingerprint density at radius 1 is 1.75 bits per heavy atom. The van der Waals surface area contributed by atoms with Gasteiger partial charge in [0.2, 0.25) is 0 Å². The molecule has 0 spiro atoms. The van der Waals surface area contributed by atoms with Gasteiger partial charge in [0.15, 0.2) is 0 Å². The molecule has 0 aliphatic carbocycles. The van der Waals surface area contributed by atoms with Crippen LogP contribution >= 0.6 is 24.4 Å². The fraction of sp³-hybridized carbons (Fsp3) is 0.667. The molecule has 0 aromatic carbocycles. The highest BCUT2D eigenvalue weighted by atomic mass is 32.2. The summed E-state index contributed by atoms with van der Waals surface area (Å²) in [5, 5.41) is 2.18. The van der Waals surface area contributed by atoms with E-state index in [0.29, 0.717) is 0 Å². The molecule has 0 nitrogen and oxygen atoms in total. The monoisotopic (exact) mass is 146 g/mol. The molecule has 0 N–H and O–H groups in total. The Labute approximate surface area is 60.1 Å². The average molecular weight is 146 g/mol. The van der Waals surface area contributed by atoms with Crippen LogP contribution in [0.5, 0.6) is 0 Å². The highest BCUT2D eigenvalue weighted by molar-refractivity contribution is 8.02. The first-order valence-electron chi connectivity index (χ1n) is 2.81. The van der Waals surface area contributed by atoms with Crippen LogP contribution in [-0.2, 0) is 0 Å². The van der Waals surface area contributed by atoms with Gasteiger partial charge in [0, 0.05) is 5.75 Å². The number of rotatable bonds is 1. The Kier molecular flexibility index (Phi) is 2.84. The number of thiol groups is 1. The van der Waals surface area contributed by atoms with Crippen LogP contribution in [0.4, 0.5) is 0 Å². The lowest BCUT2D eigenvalue weighted by atomic mass is 10.1. The van der Waals surface area contributed by atoms with E-state index in [0.717, 1.165) is 11.7 Å². The van der Waals surface area contributed by atoms with E-state index in [1.54, 1.807) is 0 Å². The van der Waals surface area contributed by atoms with E-state index in [2.05, 4.69) is 24.1 Å². The van der Waals surface area contributed by atoms with Gasteiger partial charge in [-0.25, -0.2) is 0 Å². The van der Waals surface area contributed by atoms with Crippen LogP contribution in [0, 0.1) is 5.92 Å². The van der Waals surface area contributed by atoms with Crippen LogP contribution < -0.4 is 0 Å². The highest BCUT2D eigenvalue weighted by Gasteiger charge is 2.06. The van der Waals surface area contributed by atoms with Crippen molar-refractivity contribution in [2.45, 2.75) is 6.42 Å². The molecule has 1 rings (SSSR count). The molecule has 1 atom stereocenters. The van der Waals surface area contributed by atoms with Crippen LogP contribution in [-0.4, -0.2) is 11.5 Å². The van der Waals surface area contributed by atoms with Gasteiger partial charge in [-0.3, -0.25) is 0 Å². The van der Waals surface area contributed by atoms with Crippen molar-refractivity contribution < 1.29 is 0 Å². The van der Waals surface area contributed by atoms with Crippen LogP contribution in [0.25, 0.3) is 0 Å². The summed E-state index contributed by atoms with van der Waals surface area (Å²) in [6.07, 6.45) is 3.46. The third-order valence-corrected chi connectivity index (χ3v) is 2.82. The van der Waals surface area contributed by atoms with E-state index in [4.69, 9.17) is 0 Å². The lowest BCUT2D eigenvalue weighted by Gasteiger charge is -2.12. The minimum Gasteiger partial charge on any atom is -0.179 e. The fourth-order valence-corrected chi connectivity index (χ4v) is 2.04. The number of hydrogen-bond donors (Lipinski definition) is 1. The quantitative estimate of drug-likeness (QED) is 0.553. The number of thioether (sulfide) groups is 1. The molecule has 0 saturated carbocycles. The maximum Gasteiger partial charge on any atom is 0.00131 e. The maximum absolute atomic E-state index is 4.22. The largest absolute Gasteiger partial charge is 0.179 e. The zero-order valence-electron chi connectivity index (χ0n) is 4.71. The van der Waals surface area contributed by atoms with Crippen molar-refractivity contribution in [1.82, 2.24) is 0 Å². The summed E-state index contributed by atoms with van der Waals surface area (Å²) in [5.74, 6) is 3.13. The van der Waals surface area contributed by atoms with Gasteiger partial charge in [0.1, 0.15) is 0 Å². The van der Waals surface area contributed by atoms with E-state index >= 15 is 0 Å². The lowest BCUT2D eigenvalue weighted by molar-refractivity contribution is 0.686. The van der Waals surface area contributed by atoms with Crippen molar-refractivity contribution in [3.05, 3.63) is 11.5 Å². The van der Waals surface area contributed by atoms with Gasteiger partial charge < -0.3 is 0 Å². The minimum atomic E-state index is 0.827. The lowest BCUT2D eigenvalue weighted by Crippen LogP contribution is -2.05. The minimum absolute atomic E-state index is 0.827. The molecular weight excluding hydrogens is 136 g/mol. The normalized spacial score (nSPS) is 28.4. The molecule has 0 saturated heterocycles. The molecule has 0 aromatic rings. The molecule has 0 amide bonds. The molecule has 1 heterocycles. The van der Waals surface area contributed by atoms with E-state index in [9.17, 15) is 0 Å². The third-order valence-electron chi connectivity index (χ3n) is 1.25. The van der Waals surface area contributed by atoms with Crippen LogP contribution in [0.2, 0.25) is 0 Å². The summed E-state index contributed by atoms with van der Waals surface area (Å²) < 4.78 is 0. The fourth-order valence-electron chi connectivity index (χ4n) is 0.703. The summed E-state index contributed by atoms with van der Waals surface area (Å²) in [4.78, 5) is 0. The van der Waals surface area contributed by atoms with Crippen LogP contribution in [0.1, 0.15) is 6.42 Å². The Hall–Kier alpha value is 0.440. The number of allylic oxidation sites excluding steroid dienone is 1. The molecule has 0 fully saturated rings. The Balaban J connectivity index is 2.27. The van der Waals surface area contributed by atoms with Gasteiger partial charge in [-0.15, -0.1) is 11.8 Å². The number of hydrogen-bond acceptors (Lipinski definition) is 2. The third kappa shape index (κ3) is 1.75. The van der Waals surface area contributed by atoms with Crippen molar-refractivity contribution in [3.63, 3.8) is 0 Å². The van der Waals surface area contributed by atoms with Gasteiger partial charge in [0.25, 0.3) is 0 Å². The zero-order valence-corrected chi connectivity index (χ0v) is 6.42. The molecule has 46 valence electrons. The van der Waals surface area contributed by atoms with Gasteiger partial charge in [-0.05, 0) is 23.5 Å². The standard InChI is InChI=1S/C6H10S2/c7-4-6-2-1-3-8-5-6/h1,3,6-7H,2,4-5H2. The molecule has 8 heavy (non-hydrogen) atoms. The van der Waals surface area contributed by atoms with E-state index < -0.39 is 0 Å². The Morgan fingerprint density at radius 3 is 3.00 bits per heavy atom. The van der Waals surface area contributed by atoms with E-state index in [1.165, 1.54) is 12.2 Å². The summed E-state index contributed by atoms with van der Waals surface area (Å²) in [7, 11) is 0. The van der Waals surface area contributed by atoms with Gasteiger partial charge in [-0.1, -0.05) is 6.08 Å². The molecular formula is C6H10S2. The van der Waals surface area contributed by atoms with Crippen molar-refractivity contribution in [2.24, 2.45) is 5.92 Å². The molecule has 0 radical (unpaired) electrons. The molecule has 0 aromatic heterocycles. The zero-order chi connectivity index (χ0) is 5.82. The van der Waals surface area contributed by atoms with Crippen molar-refractivity contribution in [3.8, 4) is 0 Å². The molecule has 2 heteroatoms. The Bertz CT molecular complexity index is 88.5. The summed E-state index contributed by atoms with van der Waals surface area (Å²) in [6.45, 7) is 0. The second kappa shape index (κ2) is 3.46. The van der Waals surface area contributed by atoms with Crippen molar-refractivity contribution in [1.29, 1.82) is 0 Å². The molecule has 0 bridgehead atoms. The van der Waals surface area contributed by atoms with Crippen molar-refractivity contribution in [2.75, 3.05) is 11.5 Å².